The van der Waals surface area contributed by atoms with Crippen LogP contribution in [-0.2, 0) is 14.8 Å². The molecule has 0 spiro atoms. The Morgan fingerprint density at radius 3 is 2.55 bits per heavy atom. The average Bonchev–Trinajstić information content (AvgIpc) is 2.71. The largest absolute Gasteiger partial charge is 0.493 e. The molecule has 2 aromatic rings. The summed E-state index contributed by atoms with van der Waals surface area (Å²) in [4.78, 5) is 12.3. The number of ether oxygens (including phenoxy) is 2. The molecule has 2 rings (SSSR count). The third-order valence-corrected chi connectivity index (χ3v) is 5.74. The number of hydrogen-bond acceptors (Lipinski definition) is 6. The number of hydrazone groups is 1. The van der Waals surface area contributed by atoms with E-state index in [1.165, 1.54) is 13.3 Å². The minimum atomic E-state index is -3.65. The van der Waals surface area contributed by atoms with Gasteiger partial charge in [-0.25, -0.2) is 13.8 Å². The summed E-state index contributed by atoms with van der Waals surface area (Å²) in [7, 11) is -2.14. The maximum Gasteiger partial charge on any atom is 0.260 e. The lowest BCUT2D eigenvalue weighted by molar-refractivity contribution is -0.119. The van der Waals surface area contributed by atoms with Gasteiger partial charge in [-0.15, -0.1) is 0 Å². The quantitative estimate of drug-likeness (QED) is 0.301. The first-order valence-electron chi connectivity index (χ1n) is 9.13. The number of amides is 1. The van der Waals surface area contributed by atoms with Crippen molar-refractivity contribution >= 4 is 43.8 Å². The fraction of sp³-hybridized carbons (Fsp3) is 0.238. The zero-order chi connectivity index (χ0) is 23.0. The first kappa shape index (κ1) is 24.4. The maximum absolute atomic E-state index is 12.3. The third kappa shape index (κ3) is 7.11. The van der Waals surface area contributed by atoms with E-state index >= 15 is 0 Å². The number of rotatable bonds is 10. The van der Waals surface area contributed by atoms with E-state index in [0.717, 1.165) is 16.1 Å². The van der Waals surface area contributed by atoms with Gasteiger partial charge in [-0.3, -0.25) is 9.10 Å². The second-order valence-corrected chi connectivity index (χ2v) is 9.29. The lowest BCUT2D eigenvalue weighted by Gasteiger charge is -2.21. The molecule has 166 valence electrons. The highest BCUT2D eigenvalue weighted by atomic mass is 79.9. The fourth-order valence-corrected chi connectivity index (χ4v) is 3.98. The lowest BCUT2D eigenvalue weighted by atomic mass is 10.2. The van der Waals surface area contributed by atoms with Crippen LogP contribution in [0.3, 0.4) is 0 Å². The van der Waals surface area contributed by atoms with Gasteiger partial charge in [0.1, 0.15) is 13.2 Å². The van der Waals surface area contributed by atoms with Crippen LogP contribution in [0, 0.1) is 6.92 Å². The summed E-state index contributed by atoms with van der Waals surface area (Å²) in [6.07, 6.45) is 4.08. The molecule has 0 unspecified atom stereocenters. The van der Waals surface area contributed by atoms with E-state index in [4.69, 9.17) is 9.47 Å². The normalized spacial score (nSPS) is 11.2. The molecule has 31 heavy (non-hydrogen) atoms. The van der Waals surface area contributed by atoms with Crippen LogP contribution in [0.15, 0.2) is 58.6 Å². The first-order chi connectivity index (χ1) is 14.7. The van der Waals surface area contributed by atoms with Crippen LogP contribution in [-0.4, -0.2) is 47.1 Å². The maximum atomic E-state index is 12.3. The Bertz CT molecular complexity index is 1070. The van der Waals surface area contributed by atoms with Gasteiger partial charge in [-0.05, 0) is 52.7 Å². The Morgan fingerprint density at radius 1 is 1.29 bits per heavy atom. The molecule has 0 aliphatic heterocycles. The molecule has 1 N–H and O–H groups in total. The summed E-state index contributed by atoms with van der Waals surface area (Å²) in [6, 6.07) is 10.3. The molecule has 0 fully saturated rings. The van der Waals surface area contributed by atoms with Crippen molar-refractivity contribution in [3.63, 3.8) is 0 Å². The summed E-state index contributed by atoms with van der Waals surface area (Å²) >= 11 is 3.41. The number of sulfonamides is 1. The Morgan fingerprint density at radius 2 is 1.97 bits per heavy atom. The van der Waals surface area contributed by atoms with E-state index in [0.29, 0.717) is 33.8 Å². The number of methoxy groups -OCH3 is 1. The number of benzene rings is 2. The van der Waals surface area contributed by atoms with E-state index in [2.05, 4.69) is 33.0 Å². The van der Waals surface area contributed by atoms with Crippen molar-refractivity contribution in [2.24, 2.45) is 5.10 Å². The van der Waals surface area contributed by atoms with Gasteiger partial charge in [0.2, 0.25) is 10.0 Å². The number of anilines is 1. The minimum Gasteiger partial charge on any atom is -0.493 e. The Hall–Kier alpha value is -2.85. The van der Waals surface area contributed by atoms with E-state index in [1.807, 2.05) is 6.92 Å². The second-order valence-electron chi connectivity index (χ2n) is 6.53. The van der Waals surface area contributed by atoms with Gasteiger partial charge in [0.25, 0.3) is 5.91 Å². The average molecular weight is 510 g/mol. The van der Waals surface area contributed by atoms with Gasteiger partial charge in [0, 0.05) is 0 Å². The molecule has 8 nitrogen and oxygen atoms in total. The highest BCUT2D eigenvalue weighted by Crippen LogP contribution is 2.36. The Balaban J connectivity index is 2.11. The minimum absolute atomic E-state index is 0.316. The van der Waals surface area contributed by atoms with Gasteiger partial charge in [0.05, 0.1) is 29.7 Å². The molecule has 0 heterocycles. The predicted molar refractivity (Wildman–Crippen MR) is 125 cm³/mol. The zero-order valence-electron chi connectivity index (χ0n) is 17.5. The predicted octanol–water partition coefficient (Wildman–Crippen LogP) is 3.25. The van der Waals surface area contributed by atoms with Crippen molar-refractivity contribution in [1.29, 1.82) is 0 Å². The molecular formula is C21H24BrN3O5S. The standard InChI is InChI=1S/C21H24BrN3O5S/c1-5-10-30-21-18(22)11-16(12-19(21)29-3)13-23-24-20(26)14-25(31(4,27)28)17-8-6-15(2)7-9-17/h5-9,11-13H,1,10,14H2,2-4H3,(H,24,26)/b23-13-. The smallest absolute Gasteiger partial charge is 0.260 e. The van der Waals surface area contributed by atoms with Gasteiger partial charge < -0.3 is 9.47 Å². The van der Waals surface area contributed by atoms with Gasteiger partial charge in [0.15, 0.2) is 11.5 Å². The van der Waals surface area contributed by atoms with E-state index < -0.39 is 22.5 Å². The van der Waals surface area contributed by atoms with Gasteiger partial charge in [-0.2, -0.15) is 5.10 Å². The number of aryl methyl sites for hydroxylation is 1. The summed E-state index contributed by atoms with van der Waals surface area (Å²) in [5, 5.41) is 3.91. The van der Waals surface area contributed by atoms with Crippen molar-refractivity contribution in [2.45, 2.75) is 6.92 Å². The van der Waals surface area contributed by atoms with Crippen LogP contribution in [0.5, 0.6) is 11.5 Å². The summed E-state index contributed by atoms with van der Waals surface area (Å²) in [5.74, 6) is 0.413. The van der Waals surface area contributed by atoms with Crippen LogP contribution >= 0.6 is 15.9 Å². The van der Waals surface area contributed by atoms with Crippen LogP contribution < -0.4 is 19.2 Å². The van der Waals surface area contributed by atoms with Crippen LogP contribution in [0.1, 0.15) is 11.1 Å². The number of carbonyl (C=O) groups is 1. The van der Waals surface area contributed by atoms with Gasteiger partial charge >= 0.3 is 0 Å². The van der Waals surface area contributed by atoms with Crippen LogP contribution in [0.25, 0.3) is 0 Å². The number of nitrogens with zero attached hydrogens (tertiary/aromatic N) is 2. The summed E-state index contributed by atoms with van der Waals surface area (Å²) in [5.41, 5.74) is 4.36. The zero-order valence-corrected chi connectivity index (χ0v) is 19.9. The monoisotopic (exact) mass is 509 g/mol. The summed E-state index contributed by atoms with van der Waals surface area (Å²) < 4.78 is 36.8. The number of carbonyl (C=O) groups excluding carboxylic acids is 1. The molecule has 0 saturated heterocycles. The van der Waals surface area contributed by atoms with Crippen molar-refractivity contribution in [2.75, 3.05) is 30.8 Å². The highest BCUT2D eigenvalue weighted by Gasteiger charge is 2.20. The molecule has 0 saturated carbocycles. The molecule has 0 aliphatic rings. The topological polar surface area (TPSA) is 97.3 Å². The van der Waals surface area contributed by atoms with E-state index in [9.17, 15) is 13.2 Å². The molecule has 2 aromatic carbocycles. The molecule has 0 aliphatic carbocycles. The van der Waals surface area contributed by atoms with Crippen molar-refractivity contribution < 1.29 is 22.7 Å². The first-order valence-corrected chi connectivity index (χ1v) is 11.8. The lowest BCUT2D eigenvalue weighted by Crippen LogP contribution is -2.39. The van der Waals surface area contributed by atoms with Crippen LogP contribution in [0.2, 0.25) is 0 Å². The second kappa shape index (κ2) is 11.0. The molecule has 0 bridgehead atoms. The van der Waals surface area contributed by atoms with Crippen molar-refractivity contribution in [3.8, 4) is 11.5 Å². The SMILES string of the molecule is C=CCOc1c(Br)cc(/C=N\NC(=O)CN(c2ccc(C)cc2)S(C)(=O)=O)cc1OC. The van der Waals surface area contributed by atoms with E-state index in [1.54, 1.807) is 42.5 Å². The van der Waals surface area contributed by atoms with Gasteiger partial charge in [-0.1, -0.05) is 30.4 Å². The number of hydrogen-bond donors (Lipinski definition) is 1. The third-order valence-electron chi connectivity index (χ3n) is 4.01. The highest BCUT2D eigenvalue weighted by molar-refractivity contribution is 9.10. The van der Waals surface area contributed by atoms with Crippen molar-refractivity contribution in [1.82, 2.24) is 5.43 Å². The molecule has 0 atom stereocenters. The van der Waals surface area contributed by atoms with Crippen LogP contribution in [0.4, 0.5) is 5.69 Å². The molecule has 1 amide bonds. The molecule has 0 radical (unpaired) electrons. The Labute approximate surface area is 190 Å². The molecule has 10 heteroatoms. The number of halogens is 1. The fourth-order valence-electron chi connectivity index (χ4n) is 2.55. The molecule has 0 aromatic heterocycles. The van der Waals surface area contributed by atoms with Crippen molar-refractivity contribution in [3.05, 3.63) is 64.7 Å². The number of nitrogens with one attached hydrogen (secondary N) is 1. The Kier molecular flexibility index (Phi) is 8.64. The molecular weight excluding hydrogens is 486 g/mol. The summed E-state index contributed by atoms with van der Waals surface area (Å²) in [6.45, 7) is 5.41. The van der Waals surface area contributed by atoms with E-state index in [-0.39, 0.29) is 0 Å².